The molecule has 62 valence electrons. The number of carbonyl (C=O) groups is 1. The lowest BCUT2D eigenvalue weighted by Gasteiger charge is -2.07. The molecule has 0 rings (SSSR count). The van der Waals surface area contributed by atoms with Gasteiger partial charge in [-0.15, -0.1) is 0 Å². The fraction of sp³-hybridized carbons (Fsp3) is 0.714. The summed E-state index contributed by atoms with van der Waals surface area (Å²) in [4.78, 5) is 13.9. The Kier molecular flexibility index (Phi) is 4.91. The van der Waals surface area contributed by atoms with E-state index in [2.05, 4.69) is 15.5 Å². The molecule has 0 bridgehead atoms. The molecule has 0 aromatic rings. The van der Waals surface area contributed by atoms with Crippen molar-refractivity contribution >= 4 is 6.03 Å². The second-order valence-corrected chi connectivity index (χ2v) is 2.44. The van der Waals surface area contributed by atoms with E-state index in [0.717, 1.165) is 0 Å². The summed E-state index contributed by atoms with van der Waals surface area (Å²) in [5.41, 5.74) is 0. The molecule has 0 spiro atoms. The van der Waals surface area contributed by atoms with Crippen molar-refractivity contribution in [3.63, 3.8) is 0 Å². The minimum Gasteiger partial charge on any atom is -0.336 e. The van der Waals surface area contributed by atoms with Crippen molar-refractivity contribution in [3.8, 4) is 0 Å². The van der Waals surface area contributed by atoms with Gasteiger partial charge in [0, 0.05) is 6.04 Å². The standard InChI is InChI=1S/C7H13N3O/c1-6(2)10-7(11)9-5-4-8-3/h6H,4-5H2,1-2H3,(H2,9,10,11). The van der Waals surface area contributed by atoms with Crippen molar-refractivity contribution in [1.29, 1.82) is 0 Å². The third-order valence-corrected chi connectivity index (χ3v) is 0.929. The van der Waals surface area contributed by atoms with E-state index in [-0.39, 0.29) is 12.1 Å². The Morgan fingerprint density at radius 2 is 2.27 bits per heavy atom. The number of urea groups is 1. The summed E-state index contributed by atoms with van der Waals surface area (Å²) < 4.78 is 0. The van der Waals surface area contributed by atoms with E-state index in [4.69, 9.17) is 6.57 Å². The van der Waals surface area contributed by atoms with Crippen LogP contribution in [0.4, 0.5) is 4.79 Å². The molecular weight excluding hydrogens is 142 g/mol. The minimum absolute atomic E-state index is 0.142. The van der Waals surface area contributed by atoms with Crippen molar-refractivity contribution in [2.45, 2.75) is 19.9 Å². The lowest BCUT2D eigenvalue weighted by atomic mass is 10.4. The molecule has 0 unspecified atom stereocenters. The molecular formula is C7H13N3O. The summed E-state index contributed by atoms with van der Waals surface area (Å²) in [6.07, 6.45) is 0. The molecule has 0 fully saturated rings. The van der Waals surface area contributed by atoms with E-state index in [1.165, 1.54) is 0 Å². The van der Waals surface area contributed by atoms with E-state index >= 15 is 0 Å². The zero-order valence-electron chi connectivity index (χ0n) is 6.85. The maximum atomic E-state index is 10.8. The maximum Gasteiger partial charge on any atom is 0.315 e. The van der Waals surface area contributed by atoms with Gasteiger partial charge in [0.15, 0.2) is 0 Å². The second kappa shape index (κ2) is 5.54. The van der Waals surface area contributed by atoms with Crippen LogP contribution in [-0.4, -0.2) is 25.2 Å². The molecule has 0 aliphatic carbocycles. The second-order valence-electron chi connectivity index (χ2n) is 2.44. The first-order valence-corrected chi connectivity index (χ1v) is 3.54. The Balaban J connectivity index is 3.32. The number of hydrogen-bond donors (Lipinski definition) is 2. The van der Waals surface area contributed by atoms with Crippen LogP contribution in [0, 0.1) is 6.57 Å². The van der Waals surface area contributed by atoms with Gasteiger partial charge in [-0.25, -0.2) is 11.4 Å². The molecule has 4 heteroatoms. The lowest BCUT2D eigenvalue weighted by Crippen LogP contribution is -2.40. The average molecular weight is 155 g/mol. The van der Waals surface area contributed by atoms with E-state index < -0.39 is 0 Å². The molecule has 0 radical (unpaired) electrons. The molecule has 4 nitrogen and oxygen atoms in total. The third kappa shape index (κ3) is 6.65. The molecule has 0 atom stereocenters. The molecule has 0 aliphatic heterocycles. The highest BCUT2D eigenvalue weighted by Crippen LogP contribution is 1.75. The first-order chi connectivity index (χ1) is 5.16. The number of nitrogens with one attached hydrogen (secondary N) is 2. The number of nitrogens with zero attached hydrogens (tertiary/aromatic N) is 1. The highest BCUT2D eigenvalue weighted by molar-refractivity contribution is 5.74. The van der Waals surface area contributed by atoms with Crippen LogP contribution in [0.1, 0.15) is 13.8 Å². The van der Waals surface area contributed by atoms with Crippen LogP contribution in [0.25, 0.3) is 4.85 Å². The van der Waals surface area contributed by atoms with Crippen molar-refractivity contribution in [2.24, 2.45) is 0 Å². The van der Waals surface area contributed by atoms with Gasteiger partial charge in [0.2, 0.25) is 6.54 Å². The van der Waals surface area contributed by atoms with Gasteiger partial charge in [-0.1, -0.05) is 0 Å². The predicted octanol–water partition coefficient (Wildman–Crippen LogP) is 0.613. The number of hydrogen-bond acceptors (Lipinski definition) is 1. The SMILES string of the molecule is [C-]#[N+]CCNC(=O)NC(C)C. The van der Waals surface area contributed by atoms with Gasteiger partial charge < -0.3 is 15.5 Å². The van der Waals surface area contributed by atoms with Crippen LogP contribution in [0.3, 0.4) is 0 Å². The first-order valence-electron chi connectivity index (χ1n) is 3.54. The zero-order valence-corrected chi connectivity index (χ0v) is 6.85. The lowest BCUT2D eigenvalue weighted by molar-refractivity contribution is 0.239. The first kappa shape index (κ1) is 9.76. The predicted molar refractivity (Wildman–Crippen MR) is 43.1 cm³/mol. The van der Waals surface area contributed by atoms with Crippen molar-refractivity contribution in [2.75, 3.05) is 13.1 Å². The number of amides is 2. The fourth-order valence-electron chi connectivity index (χ4n) is 0.539. The summed E-state index contributed by atoms with van der Waals surface area (Å²) in [5, 5.41) is 5.20. The molecule has 2 amide bonds. The van der Waals surface area contributed by atoms with Gasteiger partial charge in [-0.2, -0.15) is 0 Å². The molecule has 0 aromatic heterocycles. The zero-order chi connectivity index (χ0) is 8.69. The van der Waals surface area contributed by atoms with Crippen LogP contribution in [0.15, 0.2) is 0 Å². The topological polar surface area (TPSA) is 45.5 Å². The van der Waals surface area contributed by atoms with Crippen LogP contribution < -0.4 is 10.6 Å². The highest BCUT2D eigenvalue weighted by atomic mass is 16.2. The van der Waals surface area contributed by atoms with Gasteiger partial charge >= 0.3 is 6.03 Å². The van der Waals surface area contributed by atoms with Crippen LogP contribution in [0.5, 0.6) is 0 Å². The van der Waals surface area contributed by atoms with Gasteiger partial charge in [0.25, 0.3) is 0 Å². The molecule has 0 heterocycles. The Morgan fingerprint density at radius 1 is 1.64 bits per heavy atom. The van der Waals surface area contributed by atoms with Crippen molar-refractivity contribution in [1.82, 2.24) is 10.6 Å². The summed E-state index contributed by atoms with van der Waals surface area (Å²) in [6.45, 7) is 11.0. The van der Waals surface area contributed by atoms with E-state index in [1.807, 2.05) is 13.8 Å². The Bertz CT molecular complexity index is 160. The Morgan fingerprint density at radius 3 is 2.73 bits per heavy atom. The summed E-state index contributed by atoms with van der Waals surface area (Å²) >= 11 is 0. The normalized spacial score (nSPS) is 8.91. The number of carbonyl (C=O) groups excluding carboxylic acids is 1. The van der Waals surface area contributed by atoms with Crippen LogP contribution in [-0.2, 0) is 0 Å². The third-order valence-electron chi connectivity index (χ3n) is 0.929. The fourth-order valence-corrected chi connectivity index (χ4v) is 0.539. The van der Waals surface area contributed by atoms with Gasteiger partial charge in [-0.05, 0) is 13.8 Å². The summed E-state index contributed by atoms with van der Waals surface area (Å²) in [6, 6.07) is -0.0633. The summed E-state index contributed by atoms with van der Waals surface area (Å²) in [7, 11) is 0. The smallest absolute Gasteiger partial charge is 0.315 e. The Hall–Kier alpha value is -1.24. The largest absolute Gasteiger partial charge is 0.336 e. The average Bonchev–Trinajstić information content (AvgIpc) is 1.86. The molecule has 0 saturated carbocycles. The Labute approximate surface area is 66.8 Å². The van der Waals surface area contributed by atoms with Crippen molar-refractivity contribution < 1.29 is 4.79 Å². The maximum absolute atomic E-state index is 10.8. The van der Waals surface area contributed by atoms with E-state index in [0.29, 0.717) is 13.1 Å². The molecule has 11 heavy (non-hydrogen) atoms. The summed E-state index contributed by atoms with van der Waals surface area (Å²) in [5.74, 6) is 0. The van der Waals surface area contributed by atoms with Gasteiger partial charge in [0.1, 0.15) is 0 Å². The van der Waals surface area contributed by atoms with Crippen molar-refractivity contribution in [3.05, 3.63) is 11.4 Å². The molecule has 0 aliphatic rings. The molecule has 0 saturated heterocycles. The minimum atomic E-state index is -0.205. The van der Waals surface area contributed by atoms with Crippen LogP contribution >= 0.6 is 0 Å². The van der Waals surface area contributed by atoms with Crippen LogP contribution in [0.2, 0.25) is 0 Å². The molecule has 0 aromatic carbocycles. The van der Waals surface area contributed by atoms with Gasteiger partial charge in [-0.3, -0.25) is 0 Å². The van der Waals surface area contributed by atoms with Gasteiger partial charge in [0.05, 0.1) is 6.54 Å². The quantitative estimate of drug-likeness (QED) is 0.455. The van der Waals surface area contributed by atoms with E-state index in [1.54, 1.807) is 0 Å². The molecule has 2 N–H and O–H groups in total. The monoisotopic (exact) mass is 155 g/mol. The number of rotatable bonds is 3. The van der Waals surface area contributed by atoms with E-state index in [9.17, 15) is 4.79 Å². The highest BCUT2D eigenvalue weighted by Gasteiger charge is 2.00.